The summed E-state index contributed by atoms with van der Waals surface area (Å²) >= 11 is 0. The zero-order valence-electron chi connectivity index (χ0n) is 18.2. The monoisotopic (exact) mass is 379 g/mol. The summed E-state index contributed by atoms with van der Waals surface area (Å²) in [6, 6.07) is 4.17. The summed E-state index contributed by atoms with van der Waals surface area (Å²) in [6.45, 7) is 14.9. The molecule has 0 bridgehead atoms. The van der Waals surface area contributed by atoms with Crippen LogP contribution in [0, 0.1) is 0 Å². The van der Waals surface area contributed by atoms with Crippen LogP contribution in [0.2, 0.25) is 0 Å². The number of phenols is 1. The van der Waals surface area contributed by atoms with Gasteiger partial charge < -0.3 is 20.6 Å². The van der Waals surface area contributed by atoms with Crippen molar-refractivity contribution in [3.05, 3.63) is 28.8 Å². The van der Waals surface area contributed by atoms with E-state index in [2.05, 4.69) is 59.0 Å². The van der Waals surface area contributed by atoms with Gasteiger partial charge in [-0.3, -0.25) is 0 Å². The van der Waals surface area contributed by atoms with E-state index in [1.807, 2.05) is 0 Å². The van der Waals surface area contributed by atoms with Crippen molar-refractivity contribution in [1.29, 1.82) is 0 Å². The fourth-order valence-corrected chi connectivity index (χ4v) is 3.16. The standard InChI is InChI=1S/C23H41NO3/c1-22(2,3)18-14-17(21(27)20(16-18)23(4,5)6)15-19(26)10-9-12-24-11-7-8-13-25/h14,16,19,24-27H,7-13,15H2,1-6H3. The maximum atomic E-state index is 10.8. The zero-order chi connectivity index (χ0) is 20.7. The summed E-state index contributed by atoms with van der Waals surface area (Å²) in [5.41, 5.74) is 2.83. The van der Waals surface area contributed by atoms with Crippen LogP contribution in [0.4, 0.5) is 0 Å². The molecule has 27 heavy (non-hydrogen) atoms. The number of phenolic OH excluding ortho intramolecular Hbond substituents is 1. The lowest BCUT2D eigenvalue weighted by Gasteiger charge is -2.28. The molecular weight excluding hydrogens is 338 g/mol. The third kappa shape index (κ3) is 8.20. The molecule has 1 unspecified atom stereocenters. The summed E-state index contributed by atoms with van der Waals surface area (Å²) in [7, 11) is 0. The molecule has 0 aliphatic heterocycles. The fraction of sp³-hybridized carbons (Fsp3) is 0.739. The topological polar surface area (TPSA) is 72.7 Å². The molecule has 0 saturated carbocycles. The third-order valence-corrected chi connectivity index (χ3v) is 4.97. The third-order valence-electron chi connectivity index (χ3n) is 4.97. The predicted octanol–water partition coefficient (Wildman–Crippen LogP) is 4.03. The smallest absolute Gasteiger partial charge is 0.122 e. The van der Waals surface area contributed by atoms with Crippen molar-refractivity contribution in [3.8, 4) is 5.75 Å². The lowest BCUT2D eigenvalue weighted by Crippen LogP contribution is -2.21. The second-order valence-corrected chi connectivity index (χ2v) is 9.71. The highest BCUT2D eigenvalue weighted by atomic mass is 16.3. The molecule has 1 atom stereocenters. The zero-order valence-corrected chi connectivity index (χ0v) is 18.2. The van der Waals surface area contributed by atoms with Crippen molar-refractivity contribution in [2.24, 2.45) is 0 Å². The van der Waals surface area contributed by atoms with Crippen LogP contribution in [-0.2, 0) is 17.3 Å². The second kappa shape index (κ2) is 10.4. The minimum atomic E-state index is -0.460. The molecule has 4 N–H and O–H groups in total. The molecule has 0 aliphatic rings. The molecule has 4 nitrogen and oxygen atoms in total. The molecule has 0 saturated heterocycles. The van der Waals surface area contributed by atoms with E-state index >= 15 is 0 Å². The van der Waals surface area contributed by atoms with Gasteiger partial charge in [-0.15, -0.1) is 0 Å². The summed E-state index contributed by atoms with van der Waals surface area (Å²) < 4.78 is 0. The lowest BCUT2D eigenvalue weighted by molar-refractivity contribution is 0.160. The number of hydrogen-bond donors (Lipinski definition) is 4. The highest BCUT2D eigenvalue weighted by Crippen LogP contribution is 2.38. The lowest BCUT2D eigenvalue weighted by atomic mass is 9.78. The van der Waals surface area contributed by atoms with Crippen LogP contribution in [0.1, 0.15) is 83.9 Å². The van der Waals surface area contributed by atoms with Gasteiger partial charge in [0.25, 0.3) is 0 Å². The largest absolute Gasteiger partial charge is 0.507 e. The molecule has 1 aromatic rings. The van der Waals surface area contributed by atoms with Crippen LogP contribution in [0.3, 0.4) is 0 Å². The number of aliphatic hydroxyl groups is 2. The molecule has 1 aromatic carbocycles. The molecular formula is C23H41NO3. The van der Waals surface area contributed by atoms with Crippen molar-refractivity contribution in [1.82, 2.24) is 5.32 Å². The van der Waals surface area contributed by atoms with E-state index < -0.39 is 6.10 Å². The molecule has 0 radical (unpaired) electrons. The Balaban J connectivity index is 2.75. The van der Waals surface area contributed by atoms with Crippen LogP contribution in [0.25, 0.3) is 0 Å². The van der Waals surface area contributed by atoms with Crippen LogP contribution >= 0.6 is 0 Å². The first-order valence-electron chi connectivity index (χ1n) is 10.3. The molecule has 0 spiro atoms. The summed E-state index contributed by atoms with van der Waals surface area (Å²) in [5, 5.41) is 33.4. The first-order chi connectivity index (χ1) is 12.5. The van der Waals surface area contributed by atoms with Crippen molar-refractivity contribution < 1.29 is 15.3 Å². The average molecular weight is 380 g/mol. The van der Waals surface area contributed by atoms with Crippen molar-refractivity contribution >= 4 is 0 Å². The van der Waals surface area contributed by atoms with E-state index in [4.69, 9.17) is 5.11 Å². The SMILES string of the molecule is CC(C)(C)c1cc(CC(O)CCCNCCCCO)c(O)c(C(C)(C)C)c1. The van der Waals surface area contributed by atoms with Gasteiger partial charge in [0.1, 0.15) is 5.75 Å². The Labute approximate surface area is 166 Å². The highest BCUT2D eigenvalue weighted by molar-refractivity contribution is 5.49. The van der Waals surface area contributed by atoms with E-state index in [1.54, 1.807) is 0 Å². The molecule has 0 aliphatic carbocycles. The number of aromatic hydroxyl groups is 1. The molecule has 0 aromatic heterocycles. The van der Waals surface area contributed by atoms with E-state index in [9.17, 15) is 10.2 Å². The first-order valence-corrected chi connectivity index (χ1v) is 10.3. The van der Waals surface area contributed by atoms with Gasteiger partial charge in [-0.1, -0.05) is 53.7 Å². The predicted molar refractivity (Wildman–Crippen MR) is 114 cm³/mol. The second-order valence-electron chi connectivity index (χ2n) is 9.71. The van der Waals surface area contributed by atoms with E-state index in [1.165, 1.54) is 5.56 Å². The minimum absolute atomic E-state index is 0.00804. The van der Waals surface area contributed by atoms with Gasteiger partial charge in [-0.25, -0.2) is 0 Å². The van der Waals surface area contributed by atoms with E-state index in [-0.39, 0.29) is 17.4 Å². The van der Waals surface area contributed by atoms with E-state index in [0.717, 1.165) is 43.5 Å². The Morgan fingerprint density at radius 2 is 1.56 bits per heavy atom. The van der Waals surface area contributed by atoms with Gasteiger partial charge in [0, 0.05) is 13.0 Å². The maximum absolute atomic E-state index is 10.8. The average Bonchev–Trinajstić information content (AvgIpc) is 2.53. The number of aliphatic hydroxyl groups excluding tert-OH is 2. The van der Waals surface area contributed by atoms with Gasteiger partial charge in [0.15, 0.2) is 0 Å². The van der Waals surface area contributed by atoms with Crippen LogP contribution in [0.5, 0.6) is 5.75 Å². The van der Waals surface area contributed by atoms with Gasteiger partial charge in [-0.2, -0.15) is 0 Å². The summed E-state index contributed by atoms with van der Waals surface area (Å²) in [6.07, 6.45) is 3.42. The van der Waals surface area contributed by atoms with Crippen LogP contribution in [0.15, 0.2) is 12.1 Å². The van der Waals surface area contributed by atoms with Crippen LogP contribution in [-0.4, -0.2) is 41.1 Å². The normalized spacial score (nSPS) is 13.8. The fourth-order valence-electron chi connectivity index (χ4n) is 3.16. The minimum Gasteiger partial charge on any atom is -0.507 e. The van der Waals surface area contributed by atoms with Gasteiger partial charge >= 0.3 is 0 Å². The van der Waals surface area contributed by atoms with Gasteiger partial charge in [-0.05, 0) is 66.3 Å². The Morgan fingerprint density at radius 1 is 0.926 bits per heavy atom. The van der Waals surface area contributed by atoms with Crippen molar-refractivity contribution in [2.75, 3.05) is 19.7 Å². The summed E-state index contributed by atoms with van der Waals surface area (Å²) in [5.74, 6) is 0.330. The Hall–Kier alpha value is -1.10. The van der Waals surface area contributed by atoms with Crippen molar-refractivity contribution in [2.45, 2.75) is 90.6 Å². The maximum Gasteiger partial charge on any atom is 0.122 e. The first kappa shape index (κ1) is 23.9. The Bertz CT molecular complexity index is 570. The summed E-state index contributed by atoms with van der Waals surface area (Å²) in [4.78, 5) is 0. The molecule has 0 heterocycles. The molecule has 156 valence electrons. The Morgan fingerprint density at radius 3 is 2.11 bits per heavy atom. The Kier molecular flexibility index (Phi) is 9.26. The van der Waals surface area contributed by atoms with Gasteiger partial charge in [0.05, 0.1) is 6.10 Å². The number of unbranched alkanes of at least 4 members (excludes halogenated alkanes) is 1. The van der Waals surface area contributed by atoms with Crippen molar-refractivity contribution in [3.63, 3.8) is 0 Å². The molecule has 0 fully saturated rings. The number of rotatable bonds is 10. The number of hydrogen-bond acceptors (Lipinski definition) is 4. The molecule has 1 rings (SSSR count). The highest BCUT2D eigenvalue weighted by Gasteiger charge is 2.25. The quantitative estimate of drug-likeness (QED) is 0.463. The number of benzene rings is 1. The molecule has 0 amide bonds. The number of nitrogens with one attached hydrogen (secondary N) is 1. The van der Waals surface area contributed by atoms with E-state index in [0.29, 0.717) is 18.6 Å². The van der Waals surface area contributed by atoms with Gasteiger partial charge in [0.2, 0.25) is 0 Å². The molecule has 4 heteroatoms. The van der Waals surface area contributed by atoms with Crippen LogP contribution < -0.4 is 5.32 Å².